The molecule has 0 aliphatic heterocycles. The van der Waals surface area contributed by atoms with Gasteiger partial charge >= 0.3 is 0 Å². The summed E-state index contributed by atoms with van der Waals surface area (Å²) in [6.07, 6.45) is 1.58. The summed E-state index contributed by atoms with van der Waals surface area (Å²) < 4.78 is 5.59. The van der Waals surface area contributed by atoms with E-state index in [0.717, 1.165) is 28.6 Å². The zero-order valence-electron chi connectivity index (χ0n) is 9.30. The number of ether oxygens (including phenoxy) is 1. The fourth-order valence-electron chi connectivity index (χ4n) is 1.34. The van der Waals surface area contributed by atoms with Gasteiger partial charge in [0.25, 0.3) is 0 Å². The molecule has 2 rings (SSSR count). The Kier molecular flexibility index (Phi) is 4.76. The van der Waals surface area contributed by atoms with Gasteiger partial charge in [-0.3, -0.25) is 0 Å². The maximum atomic E-state index is 5.64. The molecule has 0 aliphatic rings. The summed E-state index contributed by atoms with van der Waals surface area (Å²) in [5.74, 6) is 1.48. The normalized spacial score (nSPS) is 10.4. The number of para-hydroxylation sites is 1. The van der Waals surface area contributed by atoms with Gasteiger partial charge in [-0.05, 0) is 12.1 Å². The van der Waals surface area contributed by atoms with Crippen LogP contribution in [0.1, 0.15) is 10.0 Å². The van der Waals surface area contributed by atoms with Crippen LogP contribution in [0, 0.1) is 0 Å². The van der Waals surface area contributed by atoms with E-state index in [-0.39, 0.29) is 0 Å². The first-order valence-corrected chi connectivity index (χ1v) is 6.78. The predicted molar refractivity (Wildman–Crippen MR) is 70.0 cm³/mol. The fraction of sp³-hybridized carbons (Fsp3) is 0.333. The molecular formula is C12H13ClN2OS. The molecule has 1 aromatic carbocycles. The number of benzene rings is 1. The van der Waals surface area contributed by atoms with Crippen LogP contribution >= 0.6 is 22.9 Å². The molecule has 17 heavy (non-hydrogen) atoms. The zero-order valence-corrected chi connectivity index (χ0v) is 10.9. The van der Waals surface area contributed by atoms with Crippen molar-refractivity contribution in [3.05, 3.63) is 40.3 Å². The second kappa shape index (κ2) is 6.57. The van der Waals surface area contributed by atoms with Gasteiger partial charge in [0.1, 0.15) is 15.8 Å². The van der Waals surface area contributed by atoms with E-state index < -0.39 is 0 Å². The van der Waals surface area contributed by atoms with Crippen molar-refractivity contribution in [1.29, 1.82) is 0 Å². The maximum absolute atomic E-state index is 5.64. The van der Waals surface area contributed by atoms with Gasteiger partial charge in [-0.25, -0.2) is 0 Å². The first-order valence-electron chi connectivity index (χ1n) is 5.43. The summed E-state index contributed by atoms with van der Waals surface area (Å²) in [5.41, 5.74) is 0. The molecule has 0 fully saturated rings. The summed E-state index contributed by atoms with van der Waals surface area (Å²) >= 11 is 7.25. The quantitative estimate of drug-likeness (QED) is 0.756. The van der Waals surface area contributed by atoms with Crippen molar-refractivity contribution >= 4 is 22.9 Å². The molecule has 3 nitrogen and oxygen atoms in total. The largest absolute Gasteiger partial charge is 0.493 e. The number of rotatable bonds is 6. The van der Waals surface area contributed by atoms with E-state index in [1.807, 2.05) is 30.3 Å². The van der Waals surface area contributed by atoms with E-state index in [9.17, 15) is 0 Å². The molecule has 1 heterocycles. The van der Waals surface area contributed by atoms with Crippen molar-refractivity contribution in [2.75, 3.05) is 12.5 Å². The van der Waals surface area contributed by atoms with Crippen LogP contribution in [-0.4, -0.2) is 22.7 Å². The van der Waals surface area contributed by atoms with Gasteiger partial charge in [-0.15, -0.1) is 33.1 Å². The number of aromatic nitrogens is 2. The lowest BCUT2D eigenvalue weighted by Gasteiger charge is -2.03. The number of nitrogens with zero attached hydrogens (tertiary/aromatic N) is 2. The molecule has 2 aromatic rings. The van der Waals surface area contributed by atoms with Crippen LogP contribution in [-0.2, 0) is 12.8 Å². The van der Waals surface area contributed by atoms with Gasteiger partial charge in [-0.1, -0.05) is 18.2 Å². The van der Waals surface area contributed by atoms with Crippen molar-refractivity contribution in [3.8, 4) is 5.75 Å². The van der Waals surface area contributed by atoms with Crippen LogP contribution in [0.2, 0.25) is 0 Å². The number of hydrogen-bond acceptors (Lipinski definition) is 4. The SMILES string of the molecule is ClCCc1nnc(CCOc2ccccc2)s1. The van der Waals surface area contributed by atoms with Crippen molar-refractivity contribution in [3.63, 3.8) is 0 Å². The van der Waals surface area contributed by atoms with Crippen molar-refractivity contribution in [1.82, 2.24) is 10.2 Å². The van der Waals surface area contributed by atoms with Gasteiger partial charge in [0.15, 0.2) is 0 Å². The van der Waals surface area contributed by atoms with Crippen LogP contribution in [0.25, 0.3) is 0 Å². The molecule has 90 valence electrons. The standard InChI is InChI=1S/C12H13ClN2OS/c13-8-6-11-14-15-12(17-11)7-9-16-10-4-2-1-3-5-10/h1-5H,6-9H2. The number of halogens is 1. The molecule has 0 unspecified atom stereocenters. The molecule has 0 saturated heterocycles. The number of aryl methyl sites for hydroxylation is 1. The Morgan fingerprint density at radius 1 is 1.06 bits per heavy atom. The summed E-state index contributed by atoms with van der Waals surface area (Å²) in [4.78, 5) is 0. The highest BCUT2D eigenvalue weighted by Crippen LogP contribution is 2.13. The molecule has 0 radical (unpaired) electrons. The van der Waals surface area contributed by atoms with Gasteiger partial charge in [-0.2, -0.15) is 0 Å². The van der Waals surface area contributed by atoms with Crippen LogP contribution in [0.5, 0.6) is 5.75 Å². The van der Waals surface area contributed by atoms with Gasteiger partial charge in [0, 0.05) is 18.7 Å². The molecular weight excluding hydrogens is 256 g/mol. The van der Waals surface area contributed by atoms with Crippen LogP contribution in [0.4, 0.5) is 0 Å². The third-order valence-electron chi connectivity index (χ3n) is 2.14. The van der Waals surface area contributed by atoms with Crippen molar-refractivity contribution in [2.24, 2.45) is 0 Å². The Balaban J connectivity index is 1.78. The maximum Gasteiger partial charge on any atom is 0.120 e. The van der Waals surface area contributed by atoms with Crippen molar-refractivity contribution < 1.29 is 4.74 Å². The lowest BCUT2D eigenvalue weighted by atomic mass is 10.3. The van der Waals surface area contributed by atoms with E-state index in [1.54, 1.807) is 11.3 Å². The minimum atomic E-state index is 0.592. The third-order valence-corrected chi connectivity index (χ3v) is 3.38. The van der Waals surface area contributed by atoms with Crippen LogP contribution < -0.4 is 4.74 Å². The highest BCUT2D eigenvalue weighted by molar-refractivity contribution is 7.11. The average Bonchev–Trinajstić information content (AvgIpc) is 2.79. The molecule has 0 saturated carbocycles. The number of alkyl halides is 1. The average molecular weight is 269 g/mol. The van der Waals surface area contributed by atoms with E-state index >= 15 is 0 Å². The molecule has 0 atom stereocenters. The summed E-state index contributed by atoms with van der Waals surface area (Å²) in [7, 11) is 0. The monoisotopic (exact) mass is 268 g/mol. The lowest BCUT2D eigenvalue weighted by molar-refractivity contribution is 0.321. The summed E-state index contributed by atoms with van der Waals surface area (Å²) in [6, 6.07) is 9.77. The second-order valence-electron chi connectivity index (χ2n) is 3.44. The molecule has 0 spiro atoms. The Morgan fingerprint density at radius 3 is 2.47 bits per heavy atom. The molecule has 0 N–H and O–H groups in total. The van der Waals surface area contributed by atoms with E-state index in [0.29, 0.717) is 12.5 Å². The van der Waals surface area contributed by atoms with E-state index in [1.165, 1.54) is 0 Å². The van der Waals surface area contributed by atoms with E-state index in [4.69, 9.17) is 16.3 Å². The number of hydrogen-bond donors (Lipinski definition) is 0. The Labute approximate surface area is 109 Å². The third kappa shape index (κ3) is 3.98. The predicted octanol–water partition coefficient (Wildman–Crippen LogP) is 2.94. The fourth-order valence-corrected chi connectivity index (χ4v) is 2.46. The smallest absolute Gasteiger partial charge is 0.120 e. The highest BCUT2D eigenvalue weighted by atomic mass is 35.5. The zero-order chi connectivity index (χ0) is 11.9. The molecule has 1 aromatic heterocycles. The van der Waals surface area contributed by atoms with Gasteiger partial charge in [0.2, 0.25) is 0 Å². The molecule has 5 heteroatoms. The second-order valence-corrected chi connectivity index (χ2v) is 4.96. The Hall–Kier alpha value is -1.13. The topological polar surface area (TPSA) is 35.0 Å². The van der Waals surface area contributed by atoms with Crippen molar-refractivity contribution in [2.45, 2.75) is 12.8 Å². The molecule has 0 amide bonds. The Morgan fingerprint density at radius 2 is 1.76 bits per heavy atom. The van der Waals surface area contributed by atoms with Crippen LogP contribution in [0.15, 0.2) is 30.3 Å². The summed E-state index contributed by atoms with van der Waals surface area (Å²) in [5, 5.41) is 10.2. The minimum absolute atomic E-state index is 0.592. The first kappa shape index (κ1) is 12.3. The Bertz CT molecular complexity index is 447. The van der Waals surface area contributed by atoms with E-state index in [2.05, 4.69) is 10.2 Å². The van der Waals surface area contributed by atoms with Gasteiger partial charge < -0.3 is 4.74 Å². The summed E-state index contributed by atoms with van der Waals surface area (Å²) in [6.45, 7) is 0.625. The highest BCUT2D eigenvalue weighted by Gasteiger charge is 2.03. The van der Waals surface area contributed by atoms with Crippen LogP contribution in [0.3, 0.4) is 0 Å². The molecule has 0 bridgehead atoms. The lowest BCUT2D eigenvalue weighted by Crippen LogP contribution is -2.00. The minimum Gasteiger partial charge on any atom is -0.493 e. The first-order chi connectivity index (χ1) is 8.38. The van der Waals surface area contributed by atoms with Gasteiger partial charge in [0.05, 0.1) is 6.61 Å². The molecule has 0 aliphatic carbocycles.